The molecule has 1 aromatic carbocycles. The quantitative estimate of drug-likeness (QED) is 0.864. The summed E-state index contributed by atoms with van der Waals surface area (Å²) in [6, 6.07) is 9.56. The Morgan fingerprint density at radius 1 is 1.22 bits per heavy atom. The maximum Gasteiger partial charge on any atom is 0.274 e. The molecule has 0 unspecified atom stereocenters. The molecule has 1 atom stereocenters. The van der Waals surface area contributed by atoms with E-state index < -0.39 is 0 Å². The standard InChI is InChI=1S/C17H22N4O2/c1-13-12-19(2)10-11-20(13)17(22)16-8-9-21(18-16)14-4-6-15(23-3)7-5-14/h4-9,13H,10-12H2,1-3H3/t13-/m0/s1. The predicted molar refractivity (Wildman–Crippen MR) is 88.1 cm³/mol. The van der Waals surface area contributed by atoms with E-state index in [1.54, 1.807) is 17.9 Å². The van der Waals surface area contributed by atoms with Crippen LogP contribution in [0.2, 0.25) is 0 Å². The van der Waals surface area contributed by atoms with Gasteiger partial charge in [-0.2, -0.15) is 5.10 Å². The Labute approximate surface area is 136 Å². The lowest BCUT2D eigenvalue weighted by Gasteiger charge is -2.37. The first kappa shape index (κ1) is 15.6. The fourth-order valence-electron chi connectivity index (χ4n) is 2.91. The van der Waals surface area contributed by atoms with Gasteiger partial charge in [-0.25, -0.2) is 4.68 Å². The number of carbonyl (C=O) groups is 1. The zero-order valence-electron chi connectivity index (χ0n) is 13.8. The van der Waals surface area contributed by atoms with E-state index in [-0.39, 0.29) is 11.9 Å². The number of nitrogens with zero attached hydrogens (tertiary/aromatic N) is 4. The smallest absolute Gasteiger partial charge is 0.274 e. The molecule has 6 nitrogen and oxygen atoms in total. The maximum absolute atomic E-state index is 12.7. The van der Waals surface area contributed by atoms with Crippen LogP contribution >= 0.6 is 0 Å². The van der Waals surface area contributed by atoms with Gasteiger partial charge in [-0.1, -0.05) is 0 Å². The van der Waals surface area contributed by atoms with Gasteiger partial charge < -0.3 is 14.5 Å². The molecule has 0 radical (unpaired) electrons. The van der Waals surface area contributed by atoms with Gasteiger partial charge in [0, 0.05) is 31.9 Å². The third kappa shape index (κ3) is 3.22. The summed E-state index contributed by atoms with van der Waals surface area (Å²) >= 11 is 0. The van der Waals surface area contributed by atoms with Gasteiger partial charge in [-0.15, -0.1) is 0 Å². The van der Waals surface area contributed by atoms with Crippen molar-refractivity contribution in [1.82, 2.24) is 19.6 Å². The Hall–Kier alpha value is -2.34. The number of amides is 1. The molecule has 0 spiro atoms. The van der Waals surface area contributed by atoms with Gasteiger partial charge in [-0.05, 0) is 44.3 Å². The molecule has 0 aliphatic carbocycles. The number of hydrogen-bond donors (Lipinski definition) is 0. The Balaban J connectivity index is 1.76. The Bertz CT molecular complexity index is 680. The number of benzene rings is 1. The van der Waals surface area contributed by atoms with Gasteiger partial charge in [0.15, 0.2) is 5.69 Å². The van der Waals surface area contributed by atoms with Gasteiger partial charge in [-0.3, -0.25) is 4.79 Å². The van der Waals surface area contributed by atoms with Crippen molar-refractivity contribution in [2.45, 2.75) is 13.0 Å². The van der Waals surface area contributed by atoms with Crippen molar-refractivity contribution in [3.63, 3.8) is 0 Å². The van der Waals surface area contributed by atoms with E-state index in [9.17, 15) is 4.79 Å². The summed E-state index contributed by atoms with van der Waals surface area (Å²) in [6.45, 7) is 4.61. The van der Waals surface area contributed by atoms with E-state index >= 15 is 0 Å². The van der Waals surface area contributed by atoms with E-state index in [0.717, 1.165) is 31.1 Å². The number of rotatable bonds is 3. The van der Waals surface area contributed by atoms with Crippen LogP contribution in [0.25, 0.3) is 5.69 Å². The van der Waals surface area contributed by atoms with E-state index in [2.05, 4.69) is 24.0 Å². The molecule has 23 heavy (non-hydrogen) atoms. The fourth-order valence-corrected chi connectivity index (χ4v) is 2.91. The van der Waals surface area contributed by atoms with Crippen molar-refractivity contribution in [2.24, 2.45) is 0 Å². The highest BCUT2D eigenvalue weighted by atomic mass is 16.5. The second-order valence-corrected chi connectivity index (χ2v) is 5.95. The fraction of sp³-hybridized carbons (Fsp3) is 0.412. The highest BCUT2D eigenvalue weighted by Gasteiger charge is 2.27. The summed E-state index contributed by atoms with van der Waals surface area (Å²) in [7, 11) is 3.72. The molecule has 1 aromatic heterocycles. The minimum absolute atomic E-state index is 0.00198. The van der Waals surface area contributed by atoms with Crippen molar-refractivity contribution >= 4 is 5.91 Å². The number of likely N-dealkylation sites (N-methyl/N-ethyl adjacent to an activating group) is 1. The molecule has 1 fully saturated rings. The minimum Gasteiger partial charge on any atom is -0.497 e. The Morgan fingerprint density at radius 2 is 1.96 bits per heavy atom. The summed E-state index contributed by atoms with van der Waals surface area (Å²) in [5.41, 5.74) is 1.38. The first-order chi connectivity index (χ1) is 11.1. The van der Waals surface area contributed by atoms with Crippen LogP contribution in [0.1, 0.15) is 17.4 Å². The average molecular weight is 314 g/mol. The molecule has 2 aromatic rings. The number of carbonyl (C=O) groups excluding carboxylic acids is 1. The van der Waals surface area contributed by atoms with Crippen molar-refractivity contribution in [3.05, 3.63) is 42.2 Å². The van der Waals surface area contributed by atoms with Gasteiger partial charge in [0.05, 0.1) is 12.8 Å². The molecule has 0 N–H and O–H groups in total. The zero-order valence-corrected chi connectivity index (χ0v) is 13.8. The summed E-state index contributed by atoms with van der Waals surface area (Å²) in [4.78, 5) is 16.8. The van der Waals surface area contributed by atoms with Crippen LogP contribution in [0, 0.1) is 0 Å². The number of hydrogen-bond acceptors (Lipinski definition) is 4. The number of aromatic nitrogens is 2. The van der Waals surface area contributed by atoms with Crippen LogP contribution < -0.4 is 4.74 Å². The average Bonchev–Trinajstić information content (AvgIpc) is 3.04. The van der Waals surface area contributed by atoms with Crippen LogP contribution in [0.5, 0.6) is 5.75 Å². The summed E-state index contributed by atoms with van der Waals surface area (Å²) in [5.74, 6) is 0.793. The Morgan fingerprint density at radius 3 is 2.61 bits per heavy atom. The molecular weight excluding hydrogens is 292 g/mol. The largest absolute Gasteiger partial charge is 0.497 e. The first-order valence-electron chi connectivity index (χ1n) is 7.78. The normalized spacial score (nSPS) is 18.9. The second-order valence-electron chi connectivity index (χ2n) is 5.95. The molecule has 0 saturated carbocycles. The van der Waals surface area contributed by atoms with Crippen molar-refractivity contribution in [2.75, 3.05) is 33.8 Å². The van der Waals surface area contributed by atoms with Crippen LogP contribution in [0.4, 0.5) is 0 Å². The van der Waals surface area contributed by atoms with E-state index in [4.69, 9.17) is 4.74 Å². The molecule has 1 saturated heterocycles. The van der Waals surface area contributed by atoms with Gasteiger partial charge in [0.1, 0.15) is 5.75 Å². The van der Waals surface area contributed by atoms with Crippen molar-refractivity contribution < 1.29 is 9.53 Å². The van der Waals surface area contributed by atoms with Gasteiger partial charge >= 0.3 is 0 Å². The zero-order chi connectivity index (χ0) is 16.4. The molecule has 1 aliphatic rings. The van der Waals surface area contributed by atoms with Crippen LogP contribution in [0.15, 0.2) is 36.5 Å². The van der Waals surface area contributed by atoms with Crippen LogP contribution in [-0.4, -0.2) is 65.3 Å². The highest BCUT2D eigenvalue weighted by Crippen LogP contribution is 2.16. The van der Waals surface area contributed by atoms with Crippen molar-refractivity contribution in [3.8, 4) is 11.4 Å². The first-order valence-corrected chi connectivity index (χ1v) is 7.78. The molecular formula is C17H22N4O2. The number of ether oxygens (including phenoxy) is 1. The molecule has 2 heterocycles. The third-order valence-electron chi connectivity index (χ3n) is 4.24. The summed E-state index contributed by atoms with van der Waals surface area (Å²) in [5, 5.41) is 4.44. The lowest BCUT2D eigenvalue weighted by molar-refractivity contribution is 0.0527. The topological polar surface area (TPSA) is 50.6 Å². The van der Waals surface area contributed by atoms with Gasteiger partial charge in [0.2, 0.25) is 0 Å². The third-order valence-corrected chi connectivity index (χ3v) is 4.24. The van der Waals surface area contributed by atoms with E-state index in [0.29, 0.717) is 5.69 Å². The number of methoxy groups -OCH3 is 1. The van der Waals surface area contributed by atoms with Gasteiger partial charge in [0.25, 0.3) is 5.91 Å². The van der Waals surface area contributed by atoms with Crippen LogP contribution in [0.3, 0.4) is 0 Å². The molecule has 0 bridgehead atoms. The Kier molecular flexibility index (Phi) is 4.34. The molecule has 122 valence electrons. The molecule has 1 amide bonds. The molecule has 3 rings (SSSR count). The molecule has 6 heteroatoms. The lowest BCUT2D eigenvalue weighted by Crippen LogP contribution is -2.52. The van der Waals surface area contributed by atoms with Crippen molar-refractivity contribution in [1.29, 1.82) is 0 Å². The lowest BCUT2D eigenvalue weighted by atomic mass is 10.2. The second kappa shape index (κ2) is 6.42. The summed E-state index contributed by atoms with van der Waals surface area (Å²) in [6.07, 6.45) is 1.82. The van der Waals surface area contributed by atoms with Crippen LogP contribution in [-0.2, 0) is 0 Å². The monoisotopic (exact) mass is 314 g/mol. The summed E-state index contributed by atoms with van der Waals surface area (Å²) < 4.78 is 6.87. The minimum atomic E-state index is -0.00198. The molecule has 1 aliphatic heterocycles. The number of piperazine rings is 1. The SMILES string of the molecule is COc1ccc(-n2ccc(C(=O)N3CCN(C)C[C@@H]3C)n2)cc1. The van der Waals surface area contributed by atoms with E-state index in [1.165, 1.54) is 0 Å². The highest BCUT2D eigenvalue weighted by molar-refractivity contribution is 5.92. The van der Waals surface area contributed by atoms with E-state index in [1.807, 2.05) is 35.4 Å². The predicted octanol–water partition coefficient (Wildman–Crippen LogP) is 1.66. The maximum atomic E-state index is 12.7.